The standard InChI is InChI=1S/C22H24ClN5O2/c1-13-11-17-16(14(2)24-13)5-4-6-19(17)26-22(29)25-15-9-10-28(12-15)20-8-7-18(23)21(27-20)30-3/h4-8,11,15H,9-10,12H2,1-3H3,(H2,25,26,29). The molecule has 30 heavy (non-hydrogen) atoms. The summed E-state index contributed by atoms with van der Waals surface area (Å²) in [6.07, 6.45) is 0.831. The van der Waals surface area contributed by atoms with E-state index >= 15 is 0 Å². The number of carbonyl (C=O) groups is 1. The van der Waals surface area contributed by atoms with Gasteiger partial charge in [-0.15, -0.1) is 0 Å². The van der Waals surface area contributed by atoms with Crippen molar-refractivity contribution in [3.8, 4) is 5.88 Å². The first-order valence-electron chi connectivity index (χ1n) is 9.84. The van der Waals surface area contributed by atoms with Gasteiger partial charge in [-0.3, -0.25) is 4.98 Å². The molecule has 2 aromatic heterocycles. The number of aromatic nitrogens is 2. The van der Waals surface area contributed by atoms with Crippen LogP contribution in [-0.2, 0) is 0 Å². The quantitative estimate of drug-likeness (QED) is 0.651. The molecule has 0 radical (unpaired) electrons. The minimum Gasteiger partial charge on any atom is -0.480 e. The molecule has 1 aromatic carbocycles. The number of carbonyl (C=O) groups excluding carboxylic acids is 1. The number of amides is 2. The zero-order chi connectivity index (χ0) is 21.3. The number of ether oxygens (including phenoxy) is 1. The lowest BCUT2D eigenvalue weighted by Crippen LogP contribution is -2.39. The fraction of sp³-hybridized carbons (Fsp3) is 0.318. The van der Waals surface area contributed by atoms with Crippen molar-refractivity contribution < 1.29 is 9.53 Å². The molecule has 3 heterocycles. The number of aryl methyl sites for hydroxylation is 2. The minimum atomic E-state index is -0.219. The molecule has 1 fully saturated rings. The summed E-state index contributed by atoms with van der Waals surface area (Å²) in [4.78, 5) is 23.7. The molecule has 1 saturated heterocycles. The second-order valence-electron chi connectivity index (χ2n) is 7.44. The Morgan fingerprint density at radius 2 is 2.03 bits per heavy atom. The van der Waals surface area contributed by atoms with Crippen molar-refractivity contribution in [3.63, 3.8) is 0 Å². The van der Waals surface area contributed by atoms with Gasteiger partial charge < -0.3 is 20.3 Å². The van der Waals surface area contributed by atoms with Crippen LogP contribution in [0.25, 0.3) is 10.8 Å². The summed E-state index contributed by atoms with van der Waals surface area (Å²) in [6, 6.07) is 11.3. The van der Waals surface area contributed by atoms with Crippen molar-refractivity contribution in [1.82, 2.24) is 15.3 Å². The molecule has 0 aliphatic carbocycles. The molecule has 8 heteroatoms. The zero-order valence-corrected chi connectivity index (χ0v) is 18.0. The predicted octanol–water partition coefficient (Wildman–Crippen LogP) is 4.31. The number of halogens is 1. The second kappa shape index (κ2) is 8.36. The first-order valence-corrected chi connectivity index (χ1v) is 10.2. The summed E-state index contributed by atoms with van der Waals surface area (Å²) < 4.78 is 5.20. The van der Waals surface area contributed by atoms with E-state index in [2.05, 4.69) is 25.5 Å². The van der Waals surface area contributed by atoms with Crippen LogP contribution in [0.3, 0.4) is 0 Å². The van der Waals surface area contributed by atoms with Gasteiger partial charge in [-0.05, 0) is 44.5 Å². The number of fused-ring (bicyclic) bond motifs is 1. The average molecular weight is 426 g/mol. The molecule has 2 N–H and O–H groups in total. The normalized spacial score (nSPS) is 16.0. The molecule has 3 aromatic rings. The molecule has 0 bridgehead atoms. The number of hydrogen-bond donors (Lipinski definition) is 2. The Hall–Kier alpha value is -3.06. The summed E-state index contributed by atoms with van der Waals surface area (Å²) in [5.74, 6) is 1.19. The van der Waals surface area contributed by atoms with Crippen molar-refractivity contribution in [3.05, 3.63) is 52.8 Å². The predicted molar refractivity (Wildman–Crippen MR) is 120 cm³/mol. The highest BCUT2D eigenvalue weighted by molar-refractivity contribution is 6.31. The third-order valence-electron chi connectivity index (χ3n) is 5.28. The Kier molecular flexibility index (Phi) is 5.63. The SMILES string of the molecule is COc1nc(N2CCC(NC(=O)Nc3cccc4c(C)nc(C)cc34)C2)ccc1Cl. The molecular weight excluding hydrogens is 402 g/mol. The number of anilines is 2. The molecule has 156 valence electrons. The Morgan fingerprint density at radius 1 is 1.20 bits per heavy atom. The first-order chi connectivity index (χ1) is 14.4. The van der Waals surface area contributed by atoms with Crippen LogP contribution in [0, 0.1) is 13.8 Å². The Bertz CT molecular complexity index is 1100. The highest BCUT2D eigenvalue weighted by Gasteiger charge is 2.25. The van der Waals surface area contributed by atoms with Crippen LogP contribution in [0.1, 0.15) is 17.8 Å². The fourth-order valence-electron chi connectivity index (χ4n) is 3.87. The maximum Gasteiger partial charge on any atom is 0.319 e. The van der Waals surface area contributed by atoms with Crippen LogP contribution >= 0.6 is 11.6 Å². The second-order valence-corrected chi connectivity index (χ2v) is 7.85. The highest BCUT2D eigenvalue weighted by atomic mass is 35.5. The molecule has 0 spiro atoms. The van der Waals surface area contributed by atoms with E-state index in [0.29, 0.717) is 17.4 Å². The monoisotopic (exact) mass is 425 g/mol. The van der Waals surface area contributed by atoms with E-state index in [4.69, 9.17) is 16.3 Å². The van der Waals surface area contributed by atoms with Crippen LogP contribution in [0.5, 0.6) is 5.88 Å². The fourth-order valence-corrected chi connectivity index (χ4v) is 4.06. The van der Waals surface area contributed by atoms with Crippen molar-refractivity contribution in [2.24, 2.45) is 0 Å². The van der Waals surface area contributed by atoms with Gasteiger partial charge in [-0.2, -0.15) is 4.98 Å². The first kappa shape index (κ1) is 20.2. The Morgan fingerprint density at radius 3 is 2.83 bits per heavy atom. The van der Waals surface area contributed by atoms with E-state index in [1.165, 1.54) is 0 Å². The van der Waals surface area contributed by atoms with E-state index in [-0.39, 0.29) is 12.1 Å². The third-order valence-corrected chi connectivity index (χ3v) is 5.57. The third kappa shape index (κ3) is 4.11. The van der Waals surface area contributed by atoms with Gasteiger partial charge in [0.25, 0.3) is 0 Å². The summed E-state index contributed by atoms with van der Waals surface area (Å²) in [5.41, 5.74) is 2.65. The van der Waals surface area contributed by atoms with Gasteiger partial charge >= 0.3 is 6.03 Å². The zero-order valence-electron chi connectivity index (χ0n) is 17.2. The number of benzene rings is 1. The molecule has 7 nitrogen and oxygen atoms in total. The van der Waals surface area contributed by atoms with Crippen molar-refractivity contribution in [2.45, 2.75) is 26.3 Å². The molecule has 0 saturated carbocycles. The largest absolute Gasteiger partial charge is 0.480 e. The van der Waals surface area contributed by atoms with Crippen molar-refractivity contribution >= 4 is 39.9 Å². The summed E-state index contributed by atoms with van der Waals surface area (Å²) in [7, 11) is 1.54. The lowest BCUT2D eigenvalue weighted by atomic mass is 10.1. The molecular formula is C22H24ClN5O2. The highest BCUT2D eigenvalue weighted by Crippen LogP contribution is 2.28. The van der Waals surface area contributed by atoms with E-state index in [0.717, 1.165) is 46.6 Å². The molecule has 1 aliphatic heterocycles. The van der Waals surface area contributed by atoms with E-state index < -0.39 is 0 Å². The van der Waals surface area contributed by atoms with Gasteiger partial charge in [0.05, 0.1) is 12.8 Å². The van der Waals surface area contributed by atoms with Gasteiger partial charge in [0.1, 0.15) is 10.8 Å². The van der Waals surface area contributed by atoms with Crippen LogP contribution < -0.4 is 20.3 Å². The van der Waals surface area contributed by atoms with E-state index in [1.807, 2.05) is 44.2 Å². The van der Waals surface area contributed by atoms with E-state index in [9.17, 15) is 4.79 Å². The number of nitrogens with zero attached hydrogens (tertiary/aromatic N) is 3. The van der Waals surface area contributed by atoms with Crippen molar-refractivity contribution in [2.75, 3.05) is 30.4 Å². The molecule has 4 rings (SSSR count). The van der Waals surface area contributed by atoms with Crippen LogP contribution in [0.2, 0.25) is 5.02 Å². The Labute approximate surface area is 180 Å². The topological polar surface area (TPSA) is 79.4 Å². The van der Waals surface area contributed by atoms with Gasteiger partial charge in [-0.25, -0.2) is 4.79 Å². The number of rotatable bonds is 4. The van der Waals surface area contributed by atoms with Gasteiger partial charge in [-0.1, -0.05) is 23.7 Å². The summed E-state index contributed by atoms with van der Waals surface area (Å²) in [6.45, 7) is 5.40. The molecule has 1 atom stereocenters. The maximum atomic E-state index is 12.7. The average Bonchev–Trinajstić information content (AvgIpc) is 3.17. The van der Waals surface area contributed by atoms with E-state index in [1.54, 1.807) is 13.2 Å². The van der Waals surface area contributed by atoms with Crippen molar-refractivity contribution in [1.29, 1.82) is 0 Å². The van der Waals surface area contributed by atoms with Crippen LogP contribution in [-0.4, -0.2) is 42.2 Å². The number of pyridine rings is 2. The number of hydrogen-bond acceptors (Lipinski definition) is 5. The molecule has 1 unspecified atom stereocenters. The van der Waals surface area contributed by atoms with Gasteiger partial charge in [0.2, 0.25) is 5.88 Å². The lowest BCUT2D eigenvalue weighted by molar-refractivity contribution is 0.249. The minimum absolute atomic E-state index is 0.0218. The Balaban J connectivity index is 1.43. The summed E-state index contributed by atoms with van der Waals surface area (Å²) in [5, 5.41) is 8.57. The maximum absolute atomic E-state index is 12.7. The van der Waals surface area contributed by atoms with Crippen LogP contribution in [0.15, 0.2) is 36.4 Å². The van der Waals surface area contributed by atoms with Crippen LogP contribution in [0.4, 0.5) is 16.3 Å². The number of methoxy groups -OCH3 is 1. The smallest absolute Gasteiger partial charge is 0.319 e. The lowest BCUT2D eigenvalue weighted by Gasteiger charge is -2.19. The number of nitrogens with one attached hydrogen (secondary N) is 2. The molecule has 2 amide bonds. The summed E-state index contributed by atoms with van der Waals surface area (Å²) >= 11 is 6.06. The van der Waals surface area contributed by atoms with Gasteiger partial charge in [0.15, 0.2) is 0 Å². The molecule has 1 aliphatic rings. The van der Waals surface area contributed by atoms with Gasteiger partial charge in [0, 0.05) is 41.3 Å². The number of urea groups is 1.